The third-order valence-corrected chi connectivity index (χ3v) is 5.94. The molecule has 0 aliphatic heterocycles. The molecule has 0 aromatic carbocycles. The maximum absolute atomic E-state index is 3.00. The molecule has 5 unspecified atom stereocenters. The Morgan fingerprint density at radius 3 is 2.26 bits per heavy atom. The topological polar surface area (TPSA) is 0 Å². The summed E-state index contributed by atoms with van der Waals surface area (Å²) in [7, 11) is 0. The standard InChI is InChI=1S/C21H40.C2H4/c1-7-10-17(5)15-21-18(6)12-13-19(9-3)20(21)14-11-16(4)8-2;1-2/h14,16-19,21H,7-13,15H2,1-6H3;1-2H2/b20-14+;. The van der Waals surface area contributed by atoms with Gasteiger partial charge in [-0.1, -0.05) is 72.5 Å². The molecule has 0 radical (unpaired) electrons. The number of hydrogen-bond donors (Lipinski definition) is 0. The minimum absolute atomic E-state index is 0.848. The van der Waals surface area contributed by atoms with Gasteiger partial charge in [-0.05, 0) is 61.7 Å². The molecule has 1 aliphatic rings. The van der Waals surface area contributed by atoms with Crippen LogP contribution in [0.1, 0.15) is 92.9 Å². The fourth-order valence-corrected chi connectivity index (χ4v) is 4.14. The highest BCUT2D eigenvalue weighted by atomic mass is 14.4. The molecular weight excluding hydrogens is 276 g/mol. The Hall–Kier alpha value is -0.520. The maximum atomic E-state index is 3.00. The van der Waals surface area contributed by atoms with Crippen LogP contribution in [0.4, 0.5) is 0 Å². The average Bonchev–Trinajstić information content (AvgIpc) is 2.57. The minimum atomic E-state index is 0.848. The van der Waals surface area contributed by atoms with E-state index in [9.17, 15) is 0 Å². The number of allylic oxidation sites excluding steroid dienone is 2. The van der Waals surface area contributed by atoms with Gasteiger partial charge in [0.15, 0.2) is 0 Å². The molecule has 136 valence electrons. The Balaban J connectivity index is 0.00000232. The van der Waals surface area contributed by atoms with Crippen molar-refractivity contribution in [3.63, 3.8) is 0 Å². The molecule has 0 heterocycles. The zero-order chi connectivity index (χ0) is 17.8. The van der Waals surface area contributed by atoms with Crippen LogP contribution in [0.3, 0.4) is 0 Å². The van der Waals surface area contributed by atoms with Gasteiger partial charge >= 0.3 is 0 Å². The quantitative estimate of drug-likeness (QED) is 0.397. The summed E-state index contributed by atoms with van der Waals surface area (Å²) in [5.74, 6) is 4.39. The van der Waals surface area contributed by atoms with Crippen molar-refractivity contribution >= 4 is 0 Å². The Labute approximate surface area is 147 Å². The van der Waals surface area contributed by atoms with Crippen molar-refractivity contribution in [2.75, 3.05) is 0 Å². The highest BCUT2D eigenvalue weighted by Crippen LogP contribution is 2.43. The van der Waals surface area contributed by atoms with Crippen LogP contribution in [0.2, 0.25) is 0 Å². The first kappa shape index (κ1) is 22.5. The molecule has 5 atom stereocenters. The predicted molar refractivity (Wildman–Crippen MR) is 108 cm³/mol. The molecule has 0 nitrogen and oxygen atoms in total. The van der Waals surface area contributed by atoms with Gasteiger partial charge in [0.05, 0.1) is 0 Å². The Morgan fingerprint density at radius 1 is 1.09 bits per heavy atom. The van der Waals surface area contributed by atoms with E-state index in [1.807, 2.05) is 5.57 Å². The maximum Gasteiger partial charge on any atom is -0.0172 e. The van der Waals surface area contributed by atoms with Gasteiger partial charge in [0.1, 0.15) is 0 Å². The summed E-state index contributed by atoms with van der Waals surface area (Å²) >= 11 is 0. The average molecular weight is 321 g/mol. The molecule has 1 rings (SSSR count). The summed E-state index contributed by atoms with van der Waals surface area (Å²) in [6.45, 7) is 20.4. The summed E-state index contributed by atoms with van der Waals surface area (Å²) < 4.78 is 0. The molecule has 1 aliphatic carbocycles. The lowest BCUT2D eigenvalue weighted by atomic mass is 9.67. The Morgan fingerprint density at radius 2 is 1.74 bits per heavy atom. The summed E-state index contributed by atoms with van der Waals surface area (Å²) in [4.78, 5) is 0. The predicted octanol–water partition coefficient (Wildman–Crippen LogP) is 8.05. The molecule has 0 spiro atoms. The molecule has 1 saturated carbocycles. The van der Waals surface area contributed by atoms with E-state index >= 15 is 0 Å². The summed E-state index contributed by atoms with van der Waals surface area (Å²) in [6, 6.07) is 0. The zero-order valence-electron chi connectivity index (χ0n) is 17.0. The monoisotopic (exact) mass is 320 g/mol. The first-order valence-electron chi connectivity index (χ1n) is 10.2. The van der Waals surface area contributed by atoms with Crippen LogP contribution < -0.4 is 0 Å². The Bertz CT molecular complexity index is 314. The molecule has 0 aromatic rings. The van der Waals surface area contributed by atoms with Crippen molar-refractivity contribution in [3.05, 3.63) is 24.8 Å². The van der Waals surface area contributed by atoms with Gasteiger partial charge in [0.2, 0.25) is 0 Å². The molecular formula is C23H44. The molecule has 0 aromatic heterocycles. The van der Waals surface area contributed by atoms with E-state index < -0.39 is 0 Å². The lowest BCUT2D eigenvalue weighted by Gasteiger charge is -2.39. The molecule has 0 bridgehead atoms. The normalized spacial score (nSPS) is 28.8. The molecule has 0 heteroatoms. The van der Waals surface area contributed by atoms with Crippen molar-refractivity contribution in [1.29, 1.82) is 0 Å². The zero-order valence-corrected chi connectivity index (χ0v) is 17.0. The van der Waals surface area contributed by atoms with Crippen molar-refractivity contribution in [1.82, 2.24) is 0 Å². The molecule has 0 saturated heterocycles. The smallest absolute Gasteiger partial charge is 0.0172 e. The number of hydrogen-bond acceptors (Lipinski definition) is 0. The van der Waals surface area contributed by atoms with Gasteiger partial charge in [-0.25, -0.2) is 0 Å². The van der Waals surface area contributed by atoms with Gasteiger partial charge in [-0.2, -0.15) is 0 Å². The van der Waals surface area contributed by atoms with Crippen molar-refractivity contribution in [2.24, 2.45) is 29.6 Å². The van der Waals surface area contributed by atoms with Crippen LogP contribution in [0.15, 0.2) is 24.8 Å². The van der Waals surface area contributed by atoms with Crippen molar-refractivity contribution in [2.45, 2.75) is 92.9 Å². The van der Waals surface area contributed by atoms with Crippen LogP contribution in [0.25, 0.3) is 0 Å². The molecule has 0 N–H and O–H groups in total. The van der Waals surface area contributed by atoms with E-state index in [0.717, 1.165) is 29.6 Å². The molecule has 23 heavy (non-hydrogen) atoms. The lowest BCUT2D eigenvalue weighted by Crippen LogP contribution is -2.27. The van der Waals surface area contributed by atoms with E-state index in [-0.39, 0.29) is 0 Å². The van der Waals surface area contributed by atoms with E-state index in [2.05, 4.69) is 60.8 Å². The van der Waals surface area contributed by atoms with Crippen LogP contribution in [-0.4, -0.2) is 0 Å². The van der Waals surface area contributed by atoms with E-state index in [0.29, 0.717) is 0 Å². The van der Waals surface area contributed by atoms with Crippen molar-refractivity contribution < 1.29 is 0 Å². The second-order valence-corrected chi connectivity index (χ2v) is 7.85. The Kier molecular flexibility index (Phi) is 12.6. The van der Waals surface area contributed by atoms with E-state index in [4.69, 9.17) is 0 Å². The van der Waals surface area contributed by atoms with E-state index in [1.165, 1.54) is 51.4 Å². The lowest BCUT2D eigenvalue weighted by molar-refractivity contribution is 0.230. The largest absolute Gasteiger partial charge is 0.106 e. The van der Waals surface area contributed by atoms with Crippen LogP contribution in [-0.2, 0) is 0 Å². The van der Waals surface area contributed by atoms with Crippen LogP contribution >= 0.6 is 0 Å². The third kappa shape index (κ3) is 7.73. The highest BCUT2D eigenvalue weighted by molar-refractivity contribution is 5.15. The van der Waals surface area contributed by atoms with Gasteiger partial charge in [-0.3, -0.25) is 0 Å². The fraction of sp³-hybridized carbons (Fsp3) is 0.826. The van der Waals surface area contributed by atoms with Gasteiger partial charge in [-0.15, -0.1) is 13.2 Å². The van der Waals surface area contributed by atoms with Gasteiger partial charge in [0, 0.05) is 0 Å². The fourth-order valence-electron chi connectivity index (χ4n) is 4.14. The number of rotatable bonds is 8. The van der Waals surface area contributed by atoms with E-state index in [1.54, 1.807) is 0 Å². The van der Waals surface area contributed by atoms with Crippen LogP contribution in [0.5, 0.6) is 0 Å². The second-order valence-electron chi connectivity index (χ2n) is 7.85. The first-order valence-corrected chi connectivity index (χ1v) is 10.2. The van der Waals surface area contributed by atoms with Crippen molar-refractivity contribution in [3.8, 4) is 0 Å². The summed E-state index contributed by atoms with van der Waals surface area (Å²) in [6.07, 6.45) is 13.7. The summed E-state index contributed by atoms with van der Waals surface area (Å²) in [5.41, 5.74) is 1.85. The second kappa shape index (κ2) is 12.8. The minimum Gasteiger partial charge on any atom is -0.106 e. The van der Waals surface area contributed by atoms with Gasteiger partial charge < -0.3 is 0 Å². The SMILES string of the molecule is C=C.CCCC(C)CC1/C(=C/CC(C)CC)C(CC)CCC1C. The highest BCUT2D eigenvalue weighted by Gasteiger charge is 2.32. The summed E-state index contributed by atoms with van der Waals surface area (Å²) in [5, 5.41) is 0. The third-order valence-electron chi connectivity index (χ3n) is 5.94. The molecule has 1 fully saturated rings. The van der Waals surface area contributed by atoms with Crippen LogP contribution in [0, 0.1) is 29.6 Å². The first-order chi connectivity index (χ1) is 11.0. The molecule has 0 amide bonds. The van der Waals surface area contributed by atoms with Gasteiger partial charge in [0.25, 0.3) is 0 Å².